The summed E-state index contributed by atoms with van der Waals surface area (Å²) in [6.07, 6.45) is 5.21. The topological polar surface area (TPSA) is 43.1 Å². The standard InChI is InChI=1S/C17H12ClFN4/c18-12-1-2-13(14(19)9-12)17-16(11-3-5-20-6-4-11)15-10-21-7-8-23(15)22-17/h1-6,9-10H,7-8H2. The summed E-state index contributed by atoms with van der Waals surface area (Å²) in [4.78, 5) is 8.38. The molecule has 0 saturated carbocycles. The van der Waals surface area contributed by atoms with Gasteiger partial charge < -0.3 is 0 Å². The number of rotatable bonds is 2. The van der Waals surface area contributed by atoms with E-state index in [0.29, 0.717) is 29.4 Å². The number of pyridine rings is 1. The second-order valence-electron chi connectivity index (χ2n) is 5.23. The molecule has 3 heterocycles. The molecule has 0 amide bonds. The van der Waals surface area contributed by atoms with Crippen molar-refractivity contribution in [2.75, 3.05) is 6.54 Å². The van der Waals surface area contributed by atoms with Gasteiger partial charge in [-0.2, -0.15) is 5.10 Å². The second kappa shape index (κ2) is 5.59. The Kier molecular flexibility index (Phi) is 3.42. The average molecular weight is 327 g/mol. The summed E-state index contributed by atoms with van der Waals surface area (Å²) >= 11 is 5.87. The number of hydrogen-bond donors (Lipinski definition) is 0. The van der Waals surface area contributed by atoms with Gasteiger partial charge in [-0.1, -0.05) is 11.6 Å². The van der Waals surface area contributed by atoms with Crippen LogP contribution in [0.1, 0.15) is 5.69 Å². The first-order valence-electron chi connectivity index (χ1n) is 7.20. The van der Waals surface area contributed by atoms with Crippen molar-refractivity contribution in [3.63, 3.8) is 0 Å². The first-order valence-corrected chi connectivity index (χ1v) is 7.58. The highest BCUT2D eigenvalue weighted by Crippen LogP contribution is 2.36. The Bertz CT molecular complexity index is 902. The molecule has 0 N–H and O–H groups in total. The van der Waals surface area contributed by atoms with Crippen molar-refractivity contribution >= 4 is 17.8 Å². The van der Waals surface area contributed by atoms with Crippen LogP contribution in [-0.4, -0.2) is 27.5 Å². The highest BCUT2D eigenvalue weighted by Gasteiger charge is 2.22. The third-order valence-electron chi connectivity index (χ3n) is 3.80. The van der Waals surface area contributed by atoms with E-state index in [0.717, 1.165) is 16.8 Å². The molecule has 4 nitrogen and oxygen atoms in total. The van der Waals surface area contributed by atoms with Crippen LogP contribution < -0.4 is 0 Å². The Morgan fingerprint density at radius 2 is 1.96 bits per heavy atom. The maximum atomic E-state index is 14.4. The molecule has 2 aromatic heterocycles. The molecule has 0 fully saturated rings. The minimum atomic E-state index is -0.389. The first-order chi connectivity index (χ1) is 11.2. The molecule has 114 valence electrons. The summed E-state index contributed by atoms with van der Waals surface area (Å²) in [5.41, 5.74) is 3.69. The maximum Gasteiger partial charge on any atom is 0.134 e. The normalized spacial score (nSPS) is 13.1. The van der Waals surface area contributed by atoms with Crippen LogP contribution in [0.2, 0.25) is 5.02 Å². The number of aliphatic imine (C=N–C) groups is 1. The second-order valence-corrected chi connectivity index (χ2v) is 5.66. The molecule has 1 aromatic carbocycles. The average Bonchev–Trinajstić information content (AvgIpc) is 2.94. The number of hydrogen-bond acceptors (Lipinski definition) is 3. The van der Waals surface area contributed by atoms with Crippen LogP contribution in [0.3, 0.4) is 0 Å². The highest BCUT2D eigenvalue weighted by atomic mass is 35.5. The summed E-state index contributed by atoms with van der Waals surface area (Å²) in [5, 5.41) is 4.97. The molecule has 6 heteroatoms. The minimum Gasteiger partial charge on any atom is -0.289 e. The lowest BCUT2D eigenvalue weighted by atomic mass is 9.99. The van der Waals surface area contributed by atoms with Gasteiger partial charge in [0.25, 0.3) is 0 Å². The predicted octanol–water partition coefficient (Wildman–Crippen LogP) is 3.84. The molecular formula is C17H12ClFN4. The van der Waals surface area contributed by atoms with E-state index in [4.69, 9.17) is 11.6 Å². The Balaban J connectivity index is 2.00. The van der Waals surface area contributed by atoms with Crippen LogP contribution in [0.15, 0.2) is 47.7 Å². The summed E-state index contributed by atoms with van der Waals surface area (Å²) in [5.74, 6) is -0.389. The van der Waals surface area contributed by atoms with Gasteiger partial charge >= 0.3 is 0 Å². The van der Waals surface area contributed by atoms with Gasteiger partial charge in [0.15, 0.2) is 0 Å². The van der Waals surface area contributed by atoms with Gasteiger partial charge in [0.2, 0.25) is 0 Å². The fourth-order valence-corrected chi connectivity index (χ4v) is 2.91. The molecule has 0 atom stereocenters. The van der Waals surface area contributed by atoms with Crippen LogP contribution in [-0.2, 0) is 6.54 Å². The molecule has 23 heavy (non-hydrogen) atoms. The van der Waals surface area contributed by atoms with Crippen LogP contribution in [0.5, 0.6) is 0 Å². The van der Waals surface area contributed by atoms with Crippen molar-refractivity contribution in [1.29, 1.82) is 0 Å². The molecule has 1 aliphatic heterocycles. The highest BCUT2D eigenvalue weighted by molar-refractivity contribution is 6.30. The van der Waals surface area contributed by atoms with E-state index in [1.807, 2.05) is 16.8 Å². The molecule has 0 spiro atoms. The van der Waals surface area contributed by atoms with Gasteiger partial charge in [-0.15, -0.1) is 0 Å². The van der Waals surface area contributed by atoms with Crippen molar-refractivity contribution in [1.82, 2.24) is 14.8 Å². The molecule has 1 aliphatic rings. The van der Waals surface area contributed by atoms with Crippen molar-refractivity contribution in [3.05, 3.63) is 59.3 Å². The van der Waals surface area contributed by atoms with Crippen LogP contribution >= 0.6 is 11.6 Å². The first kappa shape index (κ1) is 14.1. The van der Waals surface area contributed by atoms with E-state index in [1.54, 1.807) is 30.7 Å². The number of aromatic nitrogens is 3. The number of nitrogens with zero attached hydrogens (tertiary/aromatic N) is 4. The Labute approximate surface area is 137 Å². The maximum absolute atomic E-state index is 14.4. The Morgan fingerprint density at radius 1 is 1.13 bits per heavy atom. The summed E-state index contributed by atoms with van der Waals surface area (Å²) < 4.78 is 16.3. The largest absolute Gasteiger partial charge is 0.289 e. The zero-order valence-electron chi connectivity index (χ0n) is 12.1. The van der Waals surface area contributed by atoms with Gasteiger partial charge in [0.1, 0.15) is 11.5 Å². The van der Waals surface area contributed by atoms with Crippen LogP contribution in [0.25, 0.3) is 22.4 Å². The lowest BCUT2D eigenvalue weighted by molar-refractivity contribution is 0.608. The Morgan fingerprint density at radius 3 is 2.74 bits per heavy atom. The van der Waals surface area contributed by atoms with E-state index in [-0.39, 0.29) is 5.82 Å². The fraction of sp³-hybridized carbons (Fsp3) is 0.118. The van der Waals surface area contributed by atoms with Crippen molar-refractivity contribution in [2.24, 2.45) is 4.99 Å². The SMILES string of the molecule is Fc1cc(Cl)ccc1-c1nn2c(c1-c1ccncc1)C=NCC2. The summed E-state index contributed by atoms with van der Waals surface area (Å²) in [6.45, 7) is 1.35. The zero-order chi connectivity index (χ0) is 15.8. The third kappa shape index (κ3) is 2.43. The van der Waals surface area contributed by atoms with Gasteiger partial charge in [0, 0.05) is 34.8 Å². The van der Waals surface area contributed by atoms with E-state index in [2.05, 4.69) is 15.1 Å². The molecule has 4 rings (SSSR count). The molecule has 0 aliphatic carbocycles. The molecule has 3 aromatic rings. The fourth-order valence-electron chi connectivity index (χ4n) is 2.75. The lowest BCUT2D eigenvalue weighted by Crippen LogP contribution is -2.12. The van der Waals surface area contributed by atoms with E-state index in [1.165, 1.54) is 6.07 Å². The third-order valence-corrected chi connectivity index (χ3v) is 4.04. The van der Waals surface area contributed by atoms with Crippen molar-refractivity contribution in [3.8, 4) is 22.4 Å². The van der Waals surface area contributed by atoms with E-state index in [9.17, 15) is 4.39 Å². The van der Waals surface area contributed by atoms with Crippen LogP contribution in [0.4, 0.5) is 4.39 Å². The zero-order valence-corrected chi connectivity index (χ0v) is 12.8. The minimum absolute atomic E-state index is 0.363. The van der Waals surface area contributed by atoms with Gasteiger partial charge in [-0.25, -0.2) is 4.39 Å². The van der Waals surface area contributed by atoms with Gasteiger partial charge in [-0.3, -0.25) is 14.7 Å². The summed E-state index contributed by atoms with van der Waals surface area (Å²) in [7, 11) is 0. The summed E-state index contributed by atoms with van der Waals surface area (Å²) in [6, 6.07) is 8.41. The van der Waals surface area contributed by atoms with E-state index < -0.39 is 0 Å². The number of fused-ring (bicyclic) bond motifs is 1. The molecule has 0 radical (unpaired) electrons. The van der Waals surface area contributed by atoms with Gasteiger partial charge in [0.05, 0.1) is 18.8 Å². The monoisotopic (exact) mass is 326 g/mol. The lowest BCUT2D eigenvalue weighted by Gasteiger charge is -2.09. The predicted molar refractivity (Wildman–Crippen MR) is 88.3 cm³/mol. The van der Waals surface area contributed by atoms with Gasteiger partial charge in [-0.05, 0) is 35.9 Å². The molecule has 0 saturated heterocycles. The Hall–Kier alpha value is -2.53. The van der Waals surface area contributed by atoms with E-state index >= 15 is 0 Å². The number of halogens is 2. The van der Waals surface area contributed by atoms with Crippen molar-refractivity contribution in [2.45, 2.75) is 6.54 Å². The van der Waals surface area contributed by atoms with Crippen molar-refractivity contribution < 1.29 is 4.39 Å². The smallest absolute Gasteiger partial charge is 0.134 e. The van der Waals surface area contributed by atoms with Crippen LogP contribution in [0, 0.1) is 5.82 Å². The molecular weight excluding hydrogens is 315 g/mol. The number of benzene rings is 1. The molecule has 0 unspecified atom stereocenters. The molecule has 0 bridgehead atoms. The quantitative estimate of drug-likeness (QED) is 0.718.